The number of nitrogens with zero attached hydrogens (tertiary/aromatic N) is 3. The molecule has 0 fully saturated rings. The van der Waals surface area contributed by atoms with Crippen molar-refractivity contribution in [2.24, 2.45) is 7.05 Å². The molecule has 29 heavy (non-hydrogen) atoms. The Labute approximate surface area is 166 Å². The van der Waals surface area contributed by atoms with Gasteiger partial charge in [0.2, 0.25) is 0 Å². The minimum atomic E-state index is -0.461. The van der Waals surface area contributed by atoms with Crippen LogP contribution >= 0.6 is 0 Å². The maximum Gasteiger partial charge on any atom is 0.362 e. The molecule has 0 radical (unpaired) electrons. The molecule has 8 nitrogen and oxygen atoms in total. The summed E-state index contributed by atoms with van der Waals surface area (Å²) >= 11 is 0. The Kier molecular flexibility index (Phi) is 4.28. The smallest absolute Gasteiger partial charge is 0.362 e. The molecule has 0 spiro atoms. The van der Waals surface area contributed by atoms with Crippen molar-refractivity contribution in [1.82, 2.24) is 20.0 Å². The van der Waals surface area contributed by atoms with E-state index < -0.39 is 11.9 Å². The van der Waals surface area contributed by atoms with Gasteiger partial charge in [-0.25, -0.2) is 5.10 Å². The number of aromatic amines is 1. The first-order valence-corrected chi connectivity index (χ1v) is 8.96. The average molecular weight is 387 g/mol. The lowest BCUT2D eigenvalue weighted by molar-refractivity contribution is -0.577. The Hall–Kier alpha value is -4.12. The lowest BCUT2D eigenvalue weighted by Crippen LogP contribution is -2.32. The second kappa shape index (κ2) is 6.80. The molecule has 1 unspecified atom stereocenters. The number of terminal acetylenes is 1. The molecule has 1 amide bonds. The summed E-state index contributed by atoms with van der Waals surface area (Å²) in [7, 11) is 1.66. The maximum absolute atomic E-state index is 12.9. The van der Waals surface area contributed by atoms with Crippen molar-refractivity contribution in [2.45, 2.75) is 13.0 Å². The zero-order valence-electron chi connectivity index (χ0n) is 15.9. The van der Waals surface area contributed by atoms with Gasteiger partial charge in [-0.1, -0.05) is 18.1 Å². The summed E-state index contributed by atoms with van der Waals surface area (Å²) < 4.78 is 3.07. The molecule has 0 bridgehead atoms. The molecule has 1 aromatic carbocycles. The minimum absolute atomic E-state index is 0.208. The summed E-state index contributed by atoms with van der Waals surface area (Å²) in [6.45, 7) is 1.80. The molecule has 144 valence electrons. The van der Waals surface area contributed by atoms with Crippen molar-refractivity contribution in [2.75, 3.05) is 5.73 Å². The number of aromatic nitrogens is 4. The SMILES string of the molecule is C#Cc1cccc2cc(C(C)NC(=O)c3c(N)[nH][n+]4cccnc34)n(C)c(=O)c12. The first kappa shape index (κ1) is 18.3. The number of fused-ring (bicyclic) bond motifs is 2. The molecule has 0 aliphatic heterocycles. The topological polar surface area (TPSA) is 110 Å². The molecule has 8 heteroatoms. The van der Waals surface area contributed by atoms with Crippen LogP contribution in [-0.2, 0) is 7.05 Å². The number of H-pyrrole nitrogens is 1. The van der Waals surface area contributed by atoms with Crippen LogP contribution in [-0.4, -0.2) is 20.6 Å². The number of hydrogen-bond donors (Lipinski definition) is 3. The van der Waals surface area contributed by atoms with Crippen LogP contribution in [0.2, 0.25) is 0 Å². The van der Waals surface area contributed by atoms with Crippen molar-refractivity contribution in [3.63, 3.8) is 0 Å². The number of amides is 1. The number of carbonyl (C=O) groups is 1. The van der Waals surface area contributed by atoms with Crippen LogP contribution in [0.5, 0.6) is 0 Å². The Balaban J connectivity index is 1.74. The van der Waals surface area contributed by atoms with E-state index in [-0.39, 0.29) is 16.9 Å². The molecule has 0 saturated carbocycles. The Morgan fingerprint density at radius 2 is 2.21 bits per heavy atom. The molecule has 4 rings (SSSR count). The molecular weight excluding hydrogens is 368 g/mol. The number of nitrogens with two attached hydrogens (primary N) is 1. The first-order chi connectivity index (χ1) is 13.9. The molecular formula is C21H19N6O2+. The average Bonchev–Trinajstić information content (AvgIpc) is 3.05. The molecule has 4 N–H and O–H groups in total. The summed E-state index contributed by atoms with van der Waals surface area (Å²) in [6, 6.07) is 8.49. The van der Waals surface area contributed by atoms with Gasteiger partial charge in [-0.15, -0.1) is 10.9 Å². The summed E-state index contributed by atoms with van der Waals surface area (Å²) in [5.41, 5.74) is 7.62. The molecule has 3 heterocycles. The lowest BCUT2D eigenvalue weighted by Gasteiger charge is -2.18. The number of rotatable bonds is 3. The number of benzene rings is 1. The number of pyridine rings is 1. The fourth-order valence-electron chi connectivity index (χ4n) is 3.52. The highest BCUT2D eigenvalue weighted by molar-refractivity contribution is 6.03. The lowest BCUT2D eigenvalue weighted by atomic mass is 10.0. The van der Waals surface area contributed by atoms with E-state index in [0.717, 1.165) is 5.39 Å². The van der Waals surface area contributed by atoms with Crippen molar-refractivity contribution in [3.05, 3.63) is 69.9 Å². The summed E-state index contributed by atoms with van der Waals surface area (Å²) in [5, 5.41) is 6.99. The van der Waals surface area contributed by atoms with Crippen LogP contribution in [0.4, 0.5) is 5.82 Å². The van der Waals surface area contributed by atoms with Gasteiger partial charge in [0, 0.05) is 24.4 Å². The molecule has 3 aromatic heterocycles. The van der Waals surface area contributed by atoms with Gasteiger partial charge in [0.15, 0.2) is 11.4 Å². The third-order valence-electron chi connectivity index (χ3n) is 4.96. The third-order valence-corrected chi connectivity index (χ3v) is 4.96. The molecule has 0 aliphatic rings. The van der Waals surface area contributed by atoms with Gasteiger partial charge in [-0.2, -0.15) is 0 Å². The number of anilines is 1. The second-order valence-electron chi connectivity index (χ2n) is 6.76. The van der Waals surface area contributed by atoms with Gasteiger partial charge < -0.3 is 15.6 Å². The quantitative estimate of drug-likeness (QED) is 0.361. The number of hydrogen-bond acceptors (Lipinski definition) is 4. The van der Waals surface area contributed by atoms with E-state index in [9.17, 15) is 9.59 Å². The van der Waals surface area contributed by atoms with E-state index >= 15 is 0 Å². The standard InChI is InChI=1S/C21H18N6O2/c1-4-13-7-5-8-14-11-15(26(3)21(29)16(13)14)12(2)24-20(28)17-18(22)25-27-10-6-9-23-19(17)27/h1,5-12H,2-3H3,(H3,22,24,25,28)/p+1. The highest BCUT2D eigenvalue weighted by atomic mass is 16.2. The number of nitrogen functional groups attached to an aromatic ring is 1. The van der Waals surface area contributed by atoms with Gasteiger partial charge >= 0.3 is 5.65 Å². The van der Waals surface area contributed by atoms with Crippen LogP contribution in [0, 0.1) is 12.3 Å². The van der Waals surface area contributed by atoms with E-state index in [1.807, 2.05) is 12.1 Å². The van der Waals surface area contributed by atoms with Gasteiger partial charge in [0.05, 0.1) is 11.4 Å². The first-order valence-electron chi connectivity index (χ1n) is 8.96. The monoisotopic (exact) mass is 387 g/mol. The van der Waals surface area contributed by atoms with E-state index in [1.54, 1.807) is 49.1 Å². The number of carbonyl (C=O) groups excluding carboxylic acids is 1. The van der Waals surface area contributed by atoms with Crippen molar-refractivity contribution >= 4 is 28.1 Å². The fraction of sp³-hybridized carbons (Fsp3) is 0.143. The van der Waals surface area contributed by atoms with Gasteiger partial charge in [-0.3, -0.25) is 9.59 Å². The minimum Gasteiger partial charge on any atom is -0.382 e. The van der Waals surface area contributed by atoms with Crippen LogP contribution in [0.15, 0.2) is 47.5 Å². The van der Waals surface area contributed by atoms with Crippen molar-refractivity contribution in [1.29, 1.82) is 0 Å². The third kappa shape index (κ3) is 2.89. The van der Waals surface area contributed by atoms with E-state index in [1.165, 1.54) is 4.57 Å². The Morgan fingerprint density at radius 3 is 2.97 bits per heavy atom. The van der Waals surface area contributed by atoms with Crippen LogP contribution in [0.1, 0.15) is 34.6 Å². The summed E-state index contributed by atoms with van der Waals surface area (Å²) in [4.78, 5) is 30.0. The zero-order chi connectivity index (χ0) is 20.7. The zero-order valence-corrected chi connectivity index (χ0v) is 15.9. The Morgan fingerprint density at radius 1 is 1.41 bits per heavy atom. The maximum atomic E-state index is 12.9. The second-order valence-corrected chi connectivity index (χ2v) is 6.76. The molecule has 0 aliphatic carbocycles. The fourth-order valence-corrected chi connectivity index (χ4v) is 3.52. The van der Waals surface area contributed by atoms with Crippen molar-refractivity contribution < 1.29 is 9.31 Å². The van der Waals surface area contributed by atoms with Gasteiger partial charge in [0.1, 0.15) is 12.4 Å². The predicted molar refractivity (Wildman–Crippen MR) is 109 cm³/mol. The van der Waals surface area contributed by atoms with E-state index in [0.29, 0.717) is 22.3 Å². The van der Waals surface area contributed by atoms with E-state index in [2.05, 4.69) is 21.3 Å². The van der Waals surface area contributed by atoms with E-state index in [4.69, 9.17) is 12.2 Å². The van der Waals surface area contributed by atoms with Gasteiger partial charge in [-0.05, 0) is 29.4 Å². The molecule has 4 aromatic rings. The molecule has 0 saturated heterocycles. The van der Waals surface area contributed by atoms with Crippen LogP contribution in [0.3, 0.4) is 0 Å². The predicted octanol–water partition coefficient (Wildman–Crippen LogP) is 1.05. The highest BCUT2D eigenvalue weighted by Gasteiger charge is 2.26. The molecule has 1 atom stereocenters. The largest absolute Gasteiger partial charge is 0.382 e. The normalized spacial score (nSPS) is 12.0. The summed E-state index contributed by atoms with van der Waals surface area (Å²) in [5.74, 6) is 2.37. The Bertz CT molecular complexity index is 1380. The van der Waals surface area contributed by atoms with Gasteiger partial charge in [0.25, 0.3) is 11.5 Å². The van der Waals surface area contributed by atoms with Crippen LogP contribution < -0.4 is 21.1 Å². The summed E-state index contributed by atoms with van der Waals surface area (Å²) in [6.07, 6.45) is 8.83. The number of nitrogens with one attached hydrogen (secondary N) is 2. The highest BCUT2D eigenvalue weighted by Crippen LogP contribution is 2.20. The van der Waals surface area contributed by atoms with Crippen LogP contribution in [0.25, 0.3) is 16.4 Å². The van der Waals surface area contributed by atoms with Crippen molar-refractivity contribution in [3.8, 4) is 12.3 Å².